The first-order chi connectivity index (χ1) is 19.2. The maximum Gasteiger partial charge on any atom is 0.338 e. The molecule has 0 unspecified atom stereocenters. The minimum absolute atomic E-state index is 0.0292. The largest absolute Gasteiger partial charge is 0.493 e. The first-order valence-corrected chi connectivity index (χ1v) is 13.6. The van der Waals surface area contributed by atoms with Crippen LogP contribution in [0.1, 0.15) is 17.3 Å². The predicted molar refractivity (Wildman–Crippen MR) is 150 cm³/mol. The van der Waals surface area contributed by atoms with Crippen LogP contribution in [0.4, 0.5) is 5.69 Å². The second-order valence-electron chi connectivity index (χ2n) is 8.72. The van der Waals surface area contributed by atoms with Gasteiger partial charge in [0.05, 0.1) is 58.9 Å². The molecule has 0 aliphatic heterocycles. The molecule has 5 rings (SSSR count). The number of carbonyl (C=O) groups excluding carboxylic acids is 1. The highest BCUT2D eigenvalue weighted by molar-refractivity contribution is 7.90. The van der Waals surface area contributed by atoms with E-state index in [-0.39, 0.29) is 50.9 Å². The van der Waals surface area contributed by atoms with Crippen LogP contribution in [0.2, 0.25) is 0 Å². The number of para-hydroxylation sites is 1. The number of aromatic nitrogens is 1. The molecule has 0 radical (unpaired) electrons. The summed E-state index contributed by atoms with van der Waals surface area (Å²) in [5.74, 6) is -0.404. The molecule has 0 spiro atoms. The monoisotopic (exact) mass is 560 g/mol. The molecule has 40 heavy (non-hydrogen) atoms. The topological polar surface area (TPSA) is 127 Å². The minimum atomic E-state index is -4.12. The van der Waals surface area contributed by atoms with Crippen molar-refractivity contribution in [2.75, 3.05) is 20.8 Å². The third-order valence-corrected chi connectivity index (χ3v) is 8.28. The molecule has 0 N–H and O–H groups in total. The molecule has 1 heterocycles. The molecule has 5 aromatic rings. The van der Waals surface area contributed by atoms with Gasteiger partial charge in [-0.25, -0.2) is 17.2 Å². The molecule has 1 aromatic heterocycles. The Bertz CT molecular complexity index is 1900. The summed E-state index contributed by atoms with van der Waals surface area (Å²) >= 11 is 0. The fourth-order valence-electron chi connectivity index (χ4n) is 4.77. The van der Waals surface area contributed by atoms with Gasteiger partial charge in [0, 0.05) is 16.3 Å². The number of rotatable bonds is 8. The van der Waals surface area contributed by atoms with E-state index in [9.17, 15) is 23.3 Å². The Morgan fingerprint density at radius 3 is 2.15 bits per heavy atom. The van der Waals surface area contributed by atoms with E-state index in [0.717, 1.165) is 0 Å². The summed E-state index contributed by atoms with van der Waals surface area (Å²) in [5.41, 5.74) is 0.417. The molecule has 0 amide bonds. The Balaban J connectivity index is 1.96. The molecule has 204 valence electrons. The van der Waals surface area contributed by atoms with Crippen molar-refractivity contribution in [3.63, 3.8) is 0 Å². The van der Waals surface area contributed by atoms with E-state index in [1.165, 1.54) is 54.6 Å². The zero-order valence-corrected chi connectivity index (χ0v) is 22.6. The van der Waals surface area contributed by atoms with Crippen LogP contribution in [-0.2, 0) is 14.8 Å². The maximum absolute atomic E-state index is 14.0. The lowest BCUT2D eigenvalue weighted by Gasteiger charge is -2.15. The Kier molecular flexibility index (Phi) is 6.90. The van der Waals surface area contributed by atoms with Gasteiger partial charge < -0.3 is 14.2 Å². The van der Waals surface area contributed by atoms with Gasteiger partial charge in [0.15, 0.2) is 11.5 Å². The third kappa shape index (κ3) is 4.30. The molecule has 0 atom stereocenters. The fraction of sp³-hybridized carbons (Fsp3) is 0.138. The van der Waals surface area contributed by atoms with Crippen molar-refractivity contribution in [1.82, 2.24) is 3.97 Å². The molecule has 11 heteroatoms. The van der Waals surface area contributed by atoms with Crippen LogP contribution in [0.25, 0.3) is 32.9 Å². The molecule has 0 fully saturated rings. The van der Waals surface area contributed by atoms with Gasteiger partial charge in [-0.2, -0.15) is 0 Å². The van der Waals surface area contributed by atoms with Gasteiger partial charge in [0.25, 0.3) is 15.7 Å². The summed E-state index contributed by atoms with van der Waals surface area (Å²) in [6.45, 7) is 1.71. The van der Waals surface area contributed by atoms with Crippen LogP contribution < -0.4 is 9.47 Å². The van der Waals surface area contributed by atoms with Crippen molar-refractivity contribution >= 4 is 43.5 Å². The number of nitrogens with zero attached hydrogens (tertiary/aromatic N) is 2. The predicted octanol–water partition coefficient (Wildman–Crippen LogP) is 5.80. The number of ether oxygens (including phenoxy) is 3. The second kappa shape index (κ2) is 10.3. The zero-order chi connectivity index (χ0) is 28.6. The molecule has 0 bridgehead atoms. The van der Waals surface area contributed by atoms with E-state index >= 15 is 0 Å². The lowest BCUT2D eigenvalue weighted by molar-refractivity contribution is -0.384. The number of benzene rings is 4. The SMILES string of the molecule is CCOC(=O)c1cc2c3ccccc3n(S(=O)(=O)c3ccccc3)c2cc1-c1cc(OC)c(OC)cc1[N+](=O)[O-]. The van der Waals surface area contributed by atoms with E-state index in [0.29, 0.717) is 16.3 Å². The Hall–Kier alpha value is -4.90. The number of fused-ring (bicyclic) bond motifs is 3. The van der Waals surface area contributed by atoms with Crippen LogP contribution in [0, 0.1) is 10.1 Å². The van der Waals surface area contributed by atoms with Gasteiger partial charge in [0.1, 0.15) is 0 Å². The Morgan fingerprint density at radius 2 is 1.50 bits per heavy atom. The number of hydrogen-bond acceptors (Lipinski definition) is 8. The van der Waals surface area contributed by atoms with Crippen molar-refractivity contribution < 1.29 is 32.3 Å². The Labute approximate surface area is 229 Å². The van der Waals surface area contributed by atoms with Crippen LogP contribution in [0.5, 0.6) is 11.5 Å². The van der Waals surface area contributed by atoms with Crippen LogP contribution in [0.3, 0.4) is 0 Å². The number of methoxy groups -OCH3 is 2. The summed E-state index contributed by atoms with van der Waals surface area (Å²) in [7, 11) is -1.39. The highest BCUT2D eigenvalue weighted by Crippen LogP contribution is 2.44. The van der Waals surface area contributed by atoms with Gasteiger partial charge in [-0.05, 0) is 43.3 Å². The number of hydrogen-bond donors (Lipinski definition) is 0. The smallest absolute Gasteiger partial charge is 0.338 e. The van der Waals surface area contributed by atoms with Crippen molar-refractivity contribution in [2.45, 2.75) is 11.8 Å². The van der Waals surface area contributed by atoms with E-state index < -0.39 is 20.9 Å². The van der Waals surface area contributed by atoms with Gasteiger partial charge in [-0.3, -0.25) is 10.1 Å². The summed E-state index contributed by atoms with van der Waals surface area (Å²) < 4.78 is 45.1. The first kappa shape index (κ1) is 26.7. The van der Waals surface area contributed by atoms with Crippen molar-refractivity contribution in [3.8, 4) is 22.6 Å². The molecule has 0 saturated heterocycles. The average Bonchev–Trinajstić information content (AvgIpc) is 3.30. The highest BCUT2D eigenvalue weighted by atomic mass is 32.2. The molecule has 10 nitrogen and oxygen atoms in total. The molecular formula is C29H24N2O8S. The maximum atomic E-state index is 14.0. The highest BCUT2D eigenvalue weighted by Gasteiger charge is 2.29. The average molecular weight is 561 g/mol. The lowest BCUT2D eigenvalue weighted by Crippen LogP contribution is -2.13. The summed E-state index contributed by atoms with van der Waals surface area (Å²) in [4.78, 5) is 24.9. The van der Waals surface area contributed by atoms with Gasteiger partial charge in [-0.1, -0.05) is 36.4 Å². The quantitative estimate of drug-likeness (QED) is 0.132. The summed E-state index contributed by atoms with van der Waals surface area (Å²) in [6, 6.07) is 20.4. The number of carbonyl (C=O) groups is 1. The van der Waals surface area contributed by atoms with Gasteiger partial charge >= 0.3 is 5.97 Å². The third-order valence-electron chi connectivity index (χ3n) is 6.53. The molecular weight excluding hydrogens is 536 g/mol. The number of nitro groups is 1. The van der Waals surface area contributed by atoms with E-state index in [1.807, 2.05) is 0 Å². The molecule has 0 aliphatic rings. The molecule has 4 aromatic carbocycles. The van der Waals surface area contributed by atoms with E-state index in [2.05, 4.69) is 0 Å². The molecule has 0 aliphatic carbocycles. The zero-order valence-electron chi connectivity index (χ0n) is 21.8. The normalized spacial score (nSPS) is 11.5. The summed E-state index contributed by atoms with van der Waals surface area (Å²) in [5, 5.41) is 13.2. The Morgan fingerprint density at radius 1 is 0.850 bits per heavy atom. The van der Waals surface area contributed by atoms with E-state index in [4.69, 9.17) is 14.2 Å². The van der Waals surface area contributed by atoms with Crippen molar-refractivity contribution in [1.29, 1.82) is 0 Å². The van der Waals surface area contributed by atoms with Crippen LogP contribution in [0.15, 0.2) is 83.8 Å². The number of nitro benzene ring substituents is 1. The lowest BCUT2D eigenvalue weighted by atomic mass is 9.95. The standard InChI is InChI=1S/C29H24N2O8S/c1-4-39-29(32)23-14-21-19-12-8-9-13-24(19)30(40(35,36)18-10-6-5-7-11-18)25(21)15-20(23)22-16-27(37-2)28(38-3)17-26(22)31(33)34/h5-17H,4H2,1-3H3. The van der Waals surface area contributed by atoms with Crippen molar-refractivity contribution in [3.05, 3.63) is 94.5 Å². The van der Waals surface area contributed by atoms with Gasteiger partial charge in [-0.15, -0.1) is 0 Å². The van der Waals surface area contributed by atoms with Crippen LogP contribution >= 0.6 is 0 Å². The van der Waals surface area contributed by atoms with Gasteiger partial charge in [0.2, 0.25) is 0 Å². The second-order valence-corrected chi connectivity index (χ2v) is 10.5. The first-order valence-electron chi connectivity index (χ1n) is 12.2. The van der Waals surface area contributed by atoms with Crippen LogP contribution in [-0.4, -0.2) is 44.1 Å². The minimum Gasteiger partial charge on any atom is -0.493 e. The summed E-state index contributed by atoms with van der Waals surface area (Å²) in [6.07, 6.45) is 0. The van der Waals surface area contributed by atoms with E-state index in [1.54, 1.807) is 49.4 Å². The molecule has 0 saturated carbocycles. The van der Waals surface area contributed by atoms with Crippen molar-refractivity contribution in [2.24, 2.45) is 0 Å². The fourth-order valence-corrected chi connectivity index (χ4v) is 6.31. The number of esters is 1.